The van der Waals surface area contributed by atoms with Crippen LogP contribution in [-0.2, 0) is 6.54 Å². The van der Waals surface area contributed by atoms with Gasteiger partial charge in [0.25, 0.3) is 0 Å². The number of nitrogens with zero attached hydrogens (tertiary/aromatic N) is 2. The van der Waals surface area contributed by atoms with E-state index < -0.39 is 0 Å². The molecule has 19 heavy (non-hydrogen) atoms. The van der Waals surface area contributed by atoms with Crippen molar-refractivity contribution in [1.29, 1.82) is 0 Å². The molecule has 2 fully saturated rings. The van der Waals surface area contributed by atoms with Gasteiger partial charge in [-0.2, -0.15) is 0 Å². The third kappa shape index (κ3) is 3.24. The molecular formula is C15H22FN3. The molecule has 1 aromatic heterocycles. The molecule has 0 saturated heterocycles. The molecule has 0 atom stereocenters. The molecule has 3 rings (SSSR count). The Morgan fingerprint density at radius 2 is 2.16 bits per heavy atom. The number of anilines is 1. The second kappa shape index (κ2) is 5.45. The first kappa shape index (κ1) is 12.9. The zero-order chi connectivity index (χ0) is 13.2. The van der Waals surface area contributed by atoms with E-state index in [4.69, 9.17) is 0 Å². The third-order valence-electron chi connectivity index (χ3n) is 3.79. The molecule has 0 aliphatic heterocycles. The van der Waals surface area contributed by atoms with Crippen LogP contribution in [0.1, 0.15) is 44.6 Å². The summed E-state index contributed by atoms with van der Waals surface area (Å²) in [6.07, 6.45) is 7.44. The Labute approximate surface area is 114 Å². The third-order valence-corrected chi connectivity index (χ3v) is 3.79. The topological polar surface area (TPSA) is 28.2 Å². The Kier molecular flexibility index (Phi) is 3.69. The Morgan fingerprint density at radius 1 is 1.37 bits per heavy atom. The molecule has 0 spiro atoms. The van der Waals surface area contributed by atoms with Gasteiger partial charge in [0.2, 0.25) is 0 Å². The Hall–Kier alpha value is -1.16. The number of aromatic nitrogens is 1. The second-order valence-electron chi connectivity index (χ2n) is 5.72. The highest BCUT2D eigenvalue weighted by Crippen LogP contribution is 2.33. The summed E-state index contributed by atoms with van der Waals surface area (Å²) in [7, 11) is 0. The van der Waals surface area contributed by atoms with Gasteiger partial charge >= 0.3 is 0 Å². The molecule has 1 aromatic rings. The van der Waals surface area contributed by atoms with E-state index in [1.54, 1.807) is 6.07 Å². The maximum absolute atomic E-state index is 13.4. The monoisotopic (exact) mass is 263 g/mol. The van der Waals surface area contributed by atoms with Crippen molar-refractivity contribution in [2.45, 2.75) is 57.7 Å². The highest BCUT2D eigenvalue weighted by Gasteiger charge is 2.31. The SMILES string of the molecule is CCCN(c1ncc(F)cc1CNC1CC1)C1CC1. The first-order chi connectivity index (χ1) is 9.28. The van der Waals surface area contributed by atoms with Crippen LogP contribution in [0.15, 0.2) is 12.3 Å². The van der Waals surface area contributed by atoms with Gasteiger partial charge in [-0.15, -0.1) is 0 Å². The van der Waals surface area contributed by atoms with Crippen molar-refractivity contribution in [2.75, 3.05) is 11.4 Å². The van der Waals surface area contributed by atoms with Gasteiger partial charge in [0, 0.05) is 30.7 Å². The summed E-state index contributed by atoms with van der Waals surface area (Å²) in [6.45, 7) is 3.93. The molecule has 2 aliphatic carbocycles. The van der Waals surface area contributed by atoms with E-state index in [9.17, 15) is 4.39 Å². The fourth-order valence-electron chi connectivity index (χ4n) is 2.49. The molecule has 1 N–H and O–H groups in total. The molecule has 0 amide bonds. The predicted molar refractivity (Wildman–Crippen MR) is 74.7 cm³/mol. The van der Waals surface area contributed by atoms with Crippen LogP contribution in [0, 0.1) is 5.82 Å². The maximum Gasteiger partial charge on any atom is 0.141 e. The zero-order valence-corrected chi connectivity index (χ0v) is 11.5. The smallest absolute Gasteiger partial charge is 0.141 e. The van der Waals surface area contributed by atoms with Crippen molar-refractivity contribution in [2.24, 2.45) is 0 Å². The summed E-state index contributed by atoms with van der Waals surface area (Å²) < 4.78 is 13.4. The van der Waals surface area contributed by atoms with Gasteiger partial charge < -0.3 is 10.2 Å². The van der Waals surface area contributed by atoms with Crippen LogP contribution in [0.3, 0.4) is 0 Å². The number of rotatable bonds is 7. The molecule has 2 saturated carbocycles. The van der Waals surface area contributed by atoms with Crippen molar-refractivity contribution in [3.8, 4) is 0 Å². The molecule has 104 valence electrons. The lowest BCUT2D eigenvalue weighted by molar-refractivity contribution is 0.608. The normalized spacial score (nSPS) is 18.6. The van der Waals surface area contributed by atoms with Crippen LogP contribution in [0.25, 0.3) is 0 Å². The Bertz CT molecular complexity index is 441. The molecular weight excluding hydrogens is 241 g/mol. The van der Waals surface area contributed by atoms with Crippen LogP contribution in [0.5, 0.6) is 0 Å². The second-order valence-corrected chi connectivity index (χ2v) is 5.72. The van der Waals surface area contributed by atoms with E-state index in [2.05, 4.69) is 22.1 Å². The Morgan fingerprint density at radius 3 is 2.79 bits per heavy atom. The van der Waals surface area contributed by atoms with Gasteiger partial charge in [-0.3, -0.25) is 0 Å². The average molecular weight is 263 g/mol. The van der Waals surface area contributed by atoms with E-state index in [1.165, 1.54) is 31.9 Å². The van der Waals surface area contributed by atoms with Crippen LogP contribution in [-0.4, -0.2) is 23.6 Å². The molecule has 4 heteroatoms. The molecule has 0 unspecified atom stereocenters. The van der Waals surface area contributed by atoms with Crippen molar-refractivity contribution in [3.63, 3.8) is 0 Å². The lowest BCUT2D eigenvalue weighted by atomic mass is 10.2. The van der Waals surface area contributed by atoms with E-state index in [0.717, 1.165) is 30.9 Å². The highest BCUT2D eigenvalue weighted by molar-refractivity contribution is 5.49. The summed E-state index contributed by atoms with van der Waals surface area (Å²) in [4.78, 5) is 6.73. The molecule has 0 aromatic carbocycles. The molecule has 0 bridgehead atoms. The van der Waals surface area contributed by atoms with E-state index >= 15 is 0 Å². The number of pyridine rings is 1. The Balaban J connectivity index is 1.79. The summed E-state index contributed by atoms with van der Waals surface area (Å²) in [5, 5.41) is 3.46. The number of halogens is 1. The van der Waals surface area contributed by atoms with Crippen molar-refractivity contribution < 1.29 is 4.39 Å². The van der Waals surface area contributed by atoms with Gasteiger partial charge in [-0.25, -0.2) is 9.37 Å². The maximum atomic E-state index is 13.4. The first-order valence-electron chi connectivity index (χ1n) is 7.42. The van der Waals surface area contributed by atoms with E-state index in [-0.39, 0.29) is 5.82 Å². The van der Waals surface area contributed by atoms with Gasteiger partial charge in [-0.05, 0) is 38.2 Å². The molecule has 0 radical (unpaired) electrons. The van der Waals surface area contributed by atoms with E-state index in [1.807, 2.05) is 0 Å². The molecule has 3 nitrogen and oxygen atoms in total. The fourth-order valence-corrected chi connectivity index (χ4v) is 2.49. The summed E-state index contributed by atoms with van der Waals surface area (Å²) in [5.74, 6) is 0.752. The van der Waals surface area contributed by atoms with Crippen LogP contribution >= 0.6 is 0 Å². The highest BCUT2D eigenvalue weighted by atomic mass is 19.1. The minimum absolute atomic E-state index is 0.233. The van der Waals surface area contributed by atoms with Crippen molar-refractivity contribution in [1.82, 2.24) is 10.3 Å². The average Bonchev–Trinajstić information content (AvgIpc) is 3.28. The van der Waals surface area contributed by atoms with Crippen molar-refractivity contribution >= 4 is 5.82 Å². The zero-order valence-electron chi connectivity index (χ0n) is 11.5. The lowest BCUT2D eigenvalue weighted by Gasteiger charge is -2.25. The largest absolute Gasteiger partial charge is 0.353 e. The van der Waals surface area contributed by atoms with Gasteiger partial charge in [0.05, 0.1) is 6.20 Å². The van der Waals surface area contributed by atoms with Gasteiger partial charge in [0.1, 0.15) is 11.6 Å². The number of hydrogen-bond donors (Lipinski definition) is 1. The van der Waals surface area contributed by atoms with Crippen LogP contribution in [0.2, 0.25) is 0 Å². The van der Waals surface area contributed by atoms with Crippen molar-refractivity contribution in [3.05, 3.63) is 23.6 Å². The van der Waals surface area contributed by atoms with E-state index in [0.29, 0.717) is 12.1 Å². The fraction of sp³-hybridized carbons (Fsp3) is 0.667. The molecule has 1 heterocycles. The van der Waals surface area contributed by atoms with Crippen LogP contribution < -0.4 is 10.2 Å². The quantitative estimate of drug-likeness (QED) is 0.820. The predicted octanol–water partition coefficient (Wildman–Crippen LogP) is 2.85. The summed E-state index contributed by atoms with van der Waals surface area (Å²) >= 11 is 0. The van der Waals surface area contributed by atoms with Crippen LogP contribution in [0.4, 0.5) is 10.2 Å². The first-order valence-corrected chi connectivity index (χ1v) is 7.42. The number of nitrogens with one attached hydrogen (secondary N) is 1. The minimum atomic E-state index is -0.233. The lowest BCUT2D eigenvalue weighted by Crippen LogP contribution is -2.29. The minimum Gasteiger partial charge on any atom is -0.353 e. The standard InChI is InChI=1S/C15H22FN3/c1-2-7-19(14-5-6-14)15-11(8-12(16)10-18-15)9-17-13-3-4-13/h8,10,13-14,17H,2-7,9H2,1H3. The summed E-state index contributed by atoms with van der Waals surface area (Å²) in [6, 6.07) is 2.90. The number of hydrogen-bond acceptors (Lipinski definition) is 3. The summed E-state index contributed by atoms with van der Waals surface area (Å²) in [5.41, 5.74) is 1.01. The molecule has 2 aliphatic rings. The van der Waals surface area contributed by atoms with Gasteiger partial charge in [-0.1, -0.05) is 6.92 Å². The van der Waals surface area contributed by atoms with Gasteiger partial charge in [0.15, 0.2) is 0 Å².